The topological polar surface area (TPSA) is 91.2 Å². The summed E-state index contributed by atoms with van der Waals surface area (Å²) in [4.78, 5) is 22.6. The molecule has 2 aromatic heterocycles. The molecule has 0 N–H and O–H groups in total. The number of hydrogen-bond acceptors (Lipinski definition) is 5. The van der Waals surface area contributed by atoms with Gasteiger partial charge in [-0.1, -0.05) is 48.0 Å². The number of nitrogens with zero attached hydrogens (tertiary/aromatic N) is 3. The average molecular weight is 408 g/mol. The Hall–Kier alpha value is -3.71. The molecule has 0 radical (unpaired) electrons. The van der Waals surface area contributed by atoms with Gasteiger partial charge in [0.15, 0.2) is 10.8 Å². The Bertz CT molecular complexity index is 1260. The summed E-state index contributed by atoms with van der Waals surface area (Å²) in [7, 11) is 0. The maximum Gasteiger partial charge on any atom is 0.408 e. The number of halogens is 1. The Morgan fingerprint density at radius 2 is 1.97 bits per heavy atom. The van der Waals surface area contributed by atoms with E-state index < -0.39 is 10.7 Å². The van der Waals surface area contributed by atoms with E-state index in [9.17, 15) is 14.9 Å². The maximum atomic E-state index is 12.4. The Morgan fingerprint density at radius 3 is 2.72 bits per heavy atom. The molecule has 4 rings (SSSR count). The van der Waals surface area contributed by atoms with Crippen LogP contribution >= 0.6 is 11.6 Å². The van der Waals surface area contributed by atoms with Crippen molar-refractivity contribution in [2.24, 2.45) is 0 Å². The van der Waals surface area contributed by atoms with Crippen LogP contribution in [0.5, 0.6) is 0 Å². The number of benzene rings is 2. The number of hydrogen-bond donors (Lipinski definition) is 0. The Kier molecular flexibility index (Phi) is 4.97. The van der Waals surface area contributed by atoms with Crippen LogP contribution in [0.2, 0.25) is 5.02 Å². The molecule has 0 spiro atoms. The second kappa shape index (κ2) is 7.73. The third kappa shape index (κ3) is 4.09. The summed E-state index contributed by atoms with van der Waals surface area (Å²) in [5.41, 5.74) is 0.588. The first kappa shape index (κ1) is 18.6. The maximum absolute atomic E-state index is 12.4. The first-order valence-corrected chi connectivity index (χ1v) is 9.05. The number of furan rings is 1. The van der Waals surface area contributed by atoms with E-state index in [-0.39, 0.29) is 17.4 Å². The van der Waals surface area contributed by atoms with Gasteiger partial charge in [0.2, 0.25) is 0 Å². The number of rotatable bonds is 6. The molecule has 29 heavy (non-hydrogen) atoms. The second-order valence-electron chi connectivity index (χ2n) is 6.32. The van der Waals surface area contributed by atoms with E-state index in [2.05, 4.69) is 5.10 Å². The van der Waals surface area contributed by atoms with Crippen molar-refractivity contribution < 1.29 is 14.1 Å². The summed E-state index contributed by atoms with van der Waals surface area (Å²) in [6, 6.07) is 16.8. The summed E-state index contributed by atoms with van der Waals surface area (Å²) < 4.78 is 6.97. The van der Waals surface area contributed by atoms with Crippen LogP contribution in [-0.4, -0.2) is 20.5 Å². The molecule has 4 aromatic rings. The molecule has 0 aliphatic carbocycles. The molecule has 0 fully saturated rings. The van der Waals surface area contributed by atoms with Gasteiger partial charge in [0, 0.05) is 5.56 Å². The standard InChI is InChI=1S/C21H14ClN3O4/c22-19-13-24(23-21(19)25(27)28)12-18-8-7-17(29-18)9-10-20(26)16-6-5-14-3-1-2-4-15(14)11-16/h1-11,13H,12H2/b10-9+. The van der Waals surface area contributed by atoms with Crippen molar-refractivity contribution >= 4 is 40.1 Å². The van der Waals surface area contributed by atoms with Gasteiger partial charge in [0.25, 0.3) is 0 Å². The molecule has 144 valence electrons. The number of carbonyl (C=O) groups is 1. The summed E-state index contributed by atoms with van der Waals surface area (Å²) in [6.45, 7) is 0.181. The molecular formula is C21H14ClN3O4. The van der Waals surface area contributed by atoms with Gasteiger partial charge >= 0.3 is 5.82 Å². The van der Waals surface area contributed by atoms with Crippen molar-refractivity contribution in [2.45, 2.75) is 6.54 Å². The fourth-order valence-corrected chi connectivity index (χ4v) is 3.14. The van der Waals surface area contributed by atoms with Crippen LogP contribution in [0.15, 0.2) is 71.3 Å². The highest BCUT2D eigenvalue weighted by atomic mass is 35.5. The van der Waals surface area contributed by atoms with E-state index in [4.69, 9.17) is 16.0 Å². The third-order valence-electron chi connectivity index (χ3n) is 4.31. The average Bonchev–Trinajstić information content (AvgIpc) is 3.32. The van der Waals surface area contributed by atoms with Crippen LogP contribution in [0.3, 0.4) is 0 Å². The molecule has 8 heteroatoms. The van der Waals surface area contributed by atoms with Gasteiger partial charge in [-0.25, -0.2) is 0 Å². The third-order valence-corrected chi connectivity index (χ3v) is 4.57. The minimum atomic E-state index is -0.645. The van der Waals surface area contributed by atoms with Gasteiger partial charge in [-0.3, -0.25) is 4.79 Å². The molecule has 0 unspecified atom stereocenters. The molecule has 7 nitrogen and oxygen atoms in total. The molecule has 0 aliphatic rings. The lowest BCUT2D eigenvalue weighted by molar-refractivity contribution is -0.389. The lowest BCUT2D eigenvalue weighted by Crippen LogP contribution is -2.00. The second-order valence-corrected chi connectivity index (χ2v) is 6.73. The van der Waals surface area contributed by atoms with Crippen LogP contribution in [0.4, 0.5) is 5.82 Å². The van der Waals surface area contributed by atoms with Crippen LogP contribution in [0, 0.1) is 10.1 Å². The van der Waals surface area contributed by atoms with E-state index in [1.54, 1.807) is 24.3 Å². The first-order valence-electron chi connectivity index (χ1n) is 8.67. The molecule has 0 saturated heterocycles. The fourth-order valence-electron chi connectivity index (χ4n) is 2.92. The Labute approximate surface area is 170 Å². The molecular weight excluding hydrogens is 394 g/mol. The number of ketones is 1. The van der Waals surface area contributed by atoms with Crippen molar-refractivity contribution in [1.82, 2.24) is 9.78 Å². The summed E-state index contributed by atoms with van der Waals surface area (Å²) in [6.07, 6.45) is 4.39. The molecule has 2 aromatic carbocycles. The molecule has 0 bridgehead atoms. The van der Waals surface area contributed by atoms with E-state index in [0.29, 0.717) is 17.1 Å². The molecule has 0 atom stereocenters. The van der Waals surface area contributed by atoms with Crippen molar-refractivity contribution in [2.75, 3.05) is 0 Å². The molecule has 2 heterocycles. The van der Waals surface area contributed by atoms with Gasteiger partial charge in [0.1, 0.15) is 18.1 Å². The normalized spacial score (nSPS) is 11.3. The fraction of sp³-hybridized carbons (Fsp3) is 0.0476. The predicted molar refractivity (Wildman–Crippen MR) is 109 cm³/mol. The van der Waals surface area contributed by atoms with E-state index in [1.165, 1.54) is 17.0 Å². The van der Waals surface area contributed by atoms with Crippen LogP contribution in [0.25, 0.3) is 16.8 Å². The van der Waals surface area contributed by atoms with E-state index >= 15 is 0 Å². The smallest absolute Gasteiger partial charge is 0.408 e. The number of carbonyl (C=O) groups excluding carboxylic acids is 1. The zero-order valence-corrected chi connectivity index (χ0v) is 15.7. The Morgan fingerprint density at radius 1 is 1.17 bits per heavy atom. The predicted octanol–water partition coefficient (Wildman–Crippen LogP) is 5.14. The summed E-state index contributed by atoms with van der Waals surface area (Å²) >= 11 is 5.79. The van der Waals surface area contributed by atoms with Crippen LogP contribution in [-0.2, 0) is 6.54 Å². The Balaban J connectivity index is 1.46. The largest absolute Gasteiger partial charge is 0.460 e. The van der Waals surface area contributed by atoms with Crippen molar-refractivity contribution in [1.29, 1.82) is 0 Å². The van der Waals surface area contributed by atoms with Gasteiger partial charge < -0.3 is 14.5 Å². The van der Waals surface area contributed by atoms with Gasteiger partial charge in [-0.15, -0.1) is 0 Å². The zero-order chi connectivity index (χ0) is 20.4. The van der Waals surface area contributed by atoms with Crippen molar-refractivity contribution in [3.05, 3.63) is 99.1 Å². The van der Waals surface area contributed by atoms with Crippen LogP contribution in [0.1, 0.15) is 21.9 Å². The number of aromatic nitrogens is 2. The number of nitro groups is 1. The molecule has 0 aliphatic heterocycles. The highest BCUT2D eigenvalue weighted by Gasteiger charge is 2.19. The summed E-state index contributed by atoms with van der Waals surface area (Å²) in [5, 5.41) is 16.6. The first-order chi connectivity index (χ1) is 14.0. The van der Waals surface area contributed by atoms with E-state index in [0.717, 1.165) is 10.8 Å². The van der Waals surface area contributed by atoms with Crippen molar-refractivity contribution in [3.8, 4) is 0 Å². The number of allylic oxidation sites excluding steroid dienone is 1. The minimum absolute atomic E-state index is 0.0392. The van der Waals surface area contributed by atoms with Gasteiger partial charge in [-0.05, 0) is 46.0 Å². The van der Waals surface area contributed by atoms with Crippen molar-refractivity contribution in [3.63, 3.8) is 0 Å². The van der Waals surface area contributed by atoms with Gasteiger partial charge in [0.05, 0.1) is 11.3 Å². The minimum Gasteiger partial charge on any atom is -0.460 e. The molecule has 0 saturated carbocycles. The zero-order valence-electron chi connectivity index (χ0n) is 15.0. The summed E-state index contributed by atoms with van der Waals surface area (Å²) in [5.74, 6) is 0.473. The molecule has 0 amide bonds. The lowest BCUT2D eigenvalue weighted by Gasteiger charge is -2.00. The van der Waals surface area contributed by atoms with E-state index in [1.807, 2.05) is 36.4 Å². The lowest BCUT2D eigenvalue weighted by atomic mass is 10.0. The number of fused-ring (bicyclic) bond motifs is 1. The highest BCUT2D eigenvalue weighted by molar-refractivity contribution is 6.32. The highest BCUT2D eigenvalue weighted by Crippen LogP contribution is 2.22. The SMILES string of the molecule is O=C(/C=C/c1ccc(Cn2cc(Cl)c([N+](=O)[O-])n2)o1)c1ccc2ccccc2c1. The van der Waals surface area contributed by atoms with Crippen LogP contribution < -0.4 is 0 Å². The monoisotopic (exact) mass is 407 g/mol. The van der Waals surface area contributed by atoms with Gasteiger partial charge in [-0.2, -0.15) is 4.68 Å². The quantitative estimate of drug-likeness (QED) is 0.191.